The number of carbonyl (C=O) groups is 1. The van der Waals surface area contributed by atoms with Gasteiger partial charge in [0.15, 0.2) is 0 Å². The maximum absolute atomic E-state index is 12.6. The summed E-state index contributed by atoms with van der Waals surface area (Å²) in [5, 5.41) is 2.96. The molecule has 1 aromatic carbocycles. The average molecular weight is 419 g/mol. The molecule has 4 aromatic rings. The van der Waals surface area contributed by atoms with Gasteiger partial charge in [-0.15, -0.1) is 11.8 Å². The van der Waals surface area contributed by atoms with Crippen LogP contribution in [-0.2, 0) is 12.8 Å². The third-order valence-corrected chi connectivity index (χ3v) is 5.54. The Bertz CT molecular complexity index is 1330. The number of carbonyl (C=O) groups excluding carboxylic acids is 1. The highest BCUT2D eigenvalue weighted by atomic mass is 32.2. The van der Waals surface area contributed by atoms with Crippen LogP contribution < -0.4 is 16.6 Å². The molecule has 0 spiro atoms. The summed E-state index contributed by atoms with van der Waals surface area (Å²) in [5.41, 5.74) is 1.07. The van der Waals surface area contributed by atoms with Gasteiger partial charge in [-0.2, -0.15) is 0 Å². The molecule has 0 atom stereocenters. The lowest BCUT2D eigenvalue weighted by Crippen LogP contribution is -2.29. The number of amides is 1. The Kier molecular flexibility index (Phi) is 5.44. The van der Waals surface area contributed by atoms with Crippen molar-refractivity contribution in [1.82, 2.24) is 19.5 Å². The standard InChI is InChI=1S/C21H17N5O3S/c1-26-18-17(20(28)25-21(26)29)9-14(11-23-18)19(27)24-15-4-6-16(7-5-15)30-12-13-3-2-8-22-10-13/h2-11H,12H2,1H3,(H,24,27)(H,25,28,29). The molecule has 1 amide bonds. The van der Waals surface area contributed by atoms with Gasteiger partial charge in [-0.05, 0) is 42.0 Å². The molecule has 0 bridgehead atoms. The van der Waals surface area contributed by atoms with Gasteiger partial charge in [-0.25, -0.2) is 9.78 Å². The summed E-state index contributed by atoms with van der Waals surface area (Å²) < 4.78 is 1.22. The van der Waals surface area contributed by atoms with E-state index in [4.69, 9.17) is 0 Å². The van der Waals surface area contributed by atoms with Gasteiger partial charge in [-0.1, -0.05) is 6.07 Å². The minimum absolute atomic E-state index is 0.173. The third kappa shape index (κ3) is 4.15. The lowest BCUT2D eigenvalue weighted by Gasteiger charge is -2.08. The van der Waals surface area contributed by atoms with E-state index in [1.807, 2.05) is 42.6 Å². The van der Waals surface area contributed by atoms with E-state index in [0.717, 1.165) is 16.2 Å². The second-order valence-corrected chi connectivity index (χ2v) is 7.59. The fourth-order valence-corrected chi connectivity index (χ4v) is 3.68. The van der Waals surface area contributed by atoms with Gasteiger partial charge in [-0.3, -0.25) is 24.1 Å². The monoisotopic (exact) mass is 419 g/mol. The molecule has 0 radical (unpaired) electrons. The van der Waals surface area contributed by atoms with Crippen molar-refractivity contribution in [2.24, 2.45) is 7.05 Å². The number of fused-ring (bicyclic) bond motifs is 1. The number of aryl methyl sites for hydroxylation is 1. The van der Waals surface area contributed by atoms with E-state index in [-0.39, 0.29) is 16.6 Å². The minimum Gasteiger partial charge on any atom is -0.322 e. The van der Waals surface area contributed by atoms with Crippen LogP contribution in [0.4, 0.5) is 5.69 Å². The number of nitrogens with zero attached hydrogens (tertiary/aromatic N) is 3. The highest BCUT2D eigenvalue weighted by Gasteiger charge is 2.12. The fourth-order valence-electron chi connectivity index (χ4n) is 2.85. The van der Waals surface area contributed by atoms with Gasteiger partial charge in [0.1, 0.15) is 5.65 Å². The van der Waals surface area contributed by atoms with Crippen LogP contribution in [0.3, 0.4) is 0 Å². The molecule has 30 heavy (non-hydrogen) atoms. The van der Waals surface area contributed by atoms with Gasteiger partial charge >= 0.3 is 5.69 Å². The first kappa shape index (κ1) is 19.6. The number of H-pyrrole nitrogens is 1. The summed E-state index contributed by atoms with van der Waals surface area (Å²) in [5.74, 6) is 0.410. The van der Waals surface area contributed by atoms with Gasteiger partial charge < -0.3 is 5.32 Å². The van der Waals surface area contributed by atoms with E-state index in [2.05, 4.69) is 20.3 Å². The molecule has 0 saturated carbocycles. The van der Waals surface area contributed by atoms with E-state index in [1.54, 1.807) is 18.0 Å². The molecule has 150 valence electrons. The lowest BCUT2D eigenvalue weighted by atomic mass is 10.2. The molecular formula is C21H17N5O3S. The second-order valence-electron chi connectivity index (χ2n) is 6.54. The zero-order chi connectivity index (χ0) is 21.1. The Morgan fingerprint density at radius 2 is 1.97 bits per heavy atom. The van der Waals surface area contributed by atoms with Crippen LogP contribution in [0, 0.1) is 0 Å². The summed E-state index contributed by atoms with van der Waals surface area (Å²) >= 11 is 1.67. The number of anilines is 1. The van der Waals surface area contributed by atoms with Crippen molar-refractivity contribution < 1.29 is 4.79 Å². The molecular weight excluding hydrogens is 402 g/mol. The van der Waals surface area contributed by atoms with E-state index >= 15 is 0 Å². The van der Waals surface area contributed by atoms with E-state index in [1.165, 1.54) is 23.9 Å². The van der Waals surface area contributed by atoms with Crippen LogP contribution in [0.5, 0.6) is 0 Å². The molecule has 3 aromatic heterocycles. The summed E-state index contributed by atoms with van der Waals surface area (Å²) in [6, 6.07) is 12.8. The van der Waals surface area contributed by atoms with Crippen LogP contribution in [0.1, 0.15) is 15.9 Å². The van der Waals surface area contributed by atoms with Crippen LogP contribution in [-0.4, -0.2) is 25.4 Å². The molecule has 0 aliphatic heterocycles. The zero-order valence-electron chi connectivity index (χ0n) is 16.0. The minimum atomic E-state index is -0.578. The highest BCUT2D eigenvalue weighted by Crippen LogP contribution is 2.24. The summed E-state index contributed by atoms with van der Waals surface area (Å²) in [6.45, 7) is 0. The number of benzene rings is 1. The van der Waals surface area contributed by atoms with E-state index in [9.17, 15) is 14.4 Å². The quantitative estimate of drug-likeness (QED) is 0.481. The first-order valence-corrected chi connectivity index (χ1v) is 10.0. The number of thioether (sulfide) groups is 1. The van der Waals surface area contributed by atoms with Crippen molar-refractivity contribution in [2.45, 2.75) is 10.6 Å². The molecule has 0 aliphatic rings. The Morgan fingerprint density at radius 1 is 1.17 bits per heavy atom. The Balaban J connectivity index is 1.47. The predicted octanol–water partition coefficient (Wildman–Crippen LogP) is 2.56. The maximum Gasteiger partial charge on any atom is 0.329 e. The average Bonchev–Trinajstić information content (AvgIpc) is 2.77. The van der Waals surface area contributed by atoms with Crippen molar-refractivity contribution in [1.29, 1.82) is 0 Å². The SMILES string of the molecule is Cn1c(=O)[nH]c(=O)c2cc(C(=O)Nc3ccc(SCc4cccnc4)cc3)cnc21. The van der Waals surface area contributed by atoms with Gasteiger partial charge in [0, 0.05) is 42.0 Å². The van der Waals surface area contributed by atoms with Crippen LogP contribution in [0.2, 0.25) is 0 Å². The molecule has 9 heteroatoms. The number of hydrogen-bond donors (Lipinski definition) is 2. The molecule has 3 heterocycles. The third-order valence-electron chi connectivity index (χ3n) is 4.46. The molecule has 0 aliphatic carbocycles. The number of nitrogens with one attached hydrogen (secondary N) is 2. The van der Waals surface area contributed by atoms with E-state index in [0.29, 0.717) is 5.69 Å². The summed E-state index contributed by atoms with van der Waals surface area (Å²) in [4.78, 5) is 47.7. The van der Waals surface area contributed by atoms with Crippen molar-refractivity contribution in [2.75, 3.05) is 5.32 Å². The number of aromatic nitrogens is 4. The highest BCUT2D eigenvalue weighted by molar-refractivity contribution is 7.98. The number of rotatable bonds is 5. The van der Waals surface area contributed by atoms with Crippen LogP contribution >= 0.6 is 11.8 Å². The zero-order valence-corrected chi connectivity index (χ0v) is 16.8. The lowest BCUT2D eigenvalue weighted by molar-refractivity contribution is 0.102. The summed E-state index contributed by atoms with van der Waals surface area (Å²) in [7, 11) is 1.50. The maximum atomic E-state index is 12.6. The predicted molar refractivity (Wildman–Crippen MR) is 116 cm³/mol. The molecule has 8 nitrogen and oxygen atoms in total. The number of hydrogen-bond acceptors (Lipinski definition) is 6. The van der Waals surface area contributed by atoms with E-state index < -0.39 is 17.2 Å². The van der Waals surface area contributed by atoms with Gasteiger partial charge in [0.05, 0.1) is 10.9 Å². The van der Waals surface area contributed by atoms with Crippen molar-refractivity contribution in [3.05, 3.63) is 93.0 Å². The van der Waals surface area contributed by atoms with Gasteiger partial charge in [0.25, 0.3) is 11.5 Å². The van der Waals surface area contributed by atoms with Crippen molar-refractivity contribution >= 4 is 34.4 Å². The smallest absolute Gasteiger partial charge is 0.322 e. The van der Waals surface area contributed by atoms with Crippen molar-refractivity contribution in [3.63, 3.8) is 0 Å². The largest absolute Gasteiger partial charge is 0.329 e. The summed E-state index contributed by atoms with van der Waals surface area (Å²) in [6.07, 6.45) is 4.92. The molecule has 2 N–H and O–H groups in total. The normalized spacial score (nSPS) is 10.8. The first-order chi connectivity index (χ1) is 14.5. The van der Waals surface area contributed by atoms with Crippen LogP contribution in [0.15, 0.2) is 75.5 Å². The number of aromatic amines is 1. The van der Waals surface area contributed by atoms with Crippen LogP contribution in [0.25, 0.3) is 11.0 Å². The Hall–Kier alpha value is -3.72. The number of pyridine rings is 2. The first-order valence-electron chi connectivity index (χ1n) is 9.03. The Morgan fingerprint density at radius 3 is 2.70 bits per heavy atom. The molecule has 0 unspecified atom stereocenters. The Labute approximate surface area is 175 Å². The van der Waals surface area contributed by atoms with Gasteiger partial charge in [0.2, 0.25) is 0 Å². The molecule has 0 fully saturated rings. The topological polar surface area (TPSA) is 110 Å². The fraction of sp³-hybridized carbons (Fsp3) is 0.0952. The second kappa shape index (κ2) is 8.34. The molecule has 0 saturated heterocycles. The van der Waals surface area contributed by atoms with Crippen molar-refractivity contribution in [3.8, 4) is 0 Å². The molecule has 4 rings (SSSR count).